The molecule has 0 aromatic carbocycles. The molecule has 6 heteroatoms. The Morgan fingerprint density at radius 1 is 1.05 bits per heavy atom. The van der Waals surface area contributed by atoms with Gasteiger partial charge in [-0.05, 0) is 37.5 Å². The average Bonchev–Trinajstić information content (AvgIpc) is 2.93. The topological polar surface area (TPSA) is 81.1 Å². The highest BCUT2D eigenvalue weighted by Gasteiger charge is 2.31. The van der Waals surface area contributed by atoms with Crippen LogP contribution in [0.5, 0.6) is 0 Å². The number of amides is 2. The number of carbonyl (C=O) groups excluding carboxylic acids is 1. The summed E-state index contributed by atoms with van der Waals surface area (Å²) < 4.78 is 0. The molecule has 0 aromatic rings. The van der Waals surface area contributed by atoms with Crippen molar-refractivity contribution in [3.8, 4) is 0 Å². The summed E-state index contributed by atoms with van der Waals surface area (Å²) in [5.74, 6) is -0.247. The second-order valence-corrected chi connectivity index (χ2v) is 5.95. The van der Waals surface area contributed by atoms with Gasteiger partial charge in [-0.25, -0.2) is 4.79 Å². The Balaban J connectivity index is 1.80. The Hall–Kier alpha value is -1.30. The largest absolute Gasteiger partial charge is 0.481 e. The van der Waals surface area contributed by atoms with Crippen LogP contribution in [0.1, 0.15) is 32.1 Å². The van der Waals surface area contributed by atoms with E-state index in [1.807, 2.05) is 9.80 Å². The zero-order valence-electron chi connectivity index (χ0n) is 11.8. The zero-order chi connectivity index (χ0) is 14.5. The molecular weight excluding hydrogens is 260 g/mol. The third kappa shape index (κ3) is 3.85. The van der Waals surface area contributed by atoms with E-state index in [1.165, 1.54) is 0 Å². The van der Waals surface area contributed by atoms with Crippen molar-refractivity contribution in [2.75, 3.05) is 32.8 Å². The van der Waals surface area contributed by atoms with Gasteiger partial charge in [-0.3, -0.25) is 4.79 Å². The van der Waals surface area contributed by atoms with Gasteiger partial charge < -0.3 is 20.0 Å². The molecule has 2 saturated heterocycles. The maximum Gasteiger partial charge on any atom is 0.320 e. The van der Waals surface area contributed by atoms with E-state index >= 15 is 0 Å². The molecule has 114 valence electrons. The fourth-order valence-electron chi connectivity index (χ4n) is 3.16. The number of carboxylic acids is 1. The smallest absolute Gasteiger partial charge is 0.320 e. The Morgan fingerprint density at radius 2 is 1.75 bits per heavy atom. The van der Waals surface area contributed by atoms with Gasteiger partial charge in [0, 0.05) is 39.2 Å². The second-order valence-electron chi connectivity index (χ2n) is 5.95. The van der Waals surface area contributed by atoms with Crippen LogP contribution in [0.4, 0.5) is 4.79 Å². The Bertz CT molecular complexity index is 361. The van der Waals surface area contributed by atoms with Crippen LogP contribution >= 0.6 is 0 Å². The lowest BCUT2D eigenvalue weighted by atomic mass is 9.99. The highest BCUT2D eigenvalue weighted by atomic mass is 16.4. The van der Waals surface area contributed by atoms with Crippen molar-refractivity contribution < 1.29 is 19.8 Å². The van der Waals surface area contributed by atoms with Gasteiger partial charge in [0.15, 0.2) is 0 Å². The minimum Gasteiger partial charge on any atom is -0.481 e. The number of nitrogens with zero attached hydrogens (tertiary/aromatic N) is 2. The van der Waals surface area contributed by atoms with E-state index in [2.05, 4.69) is 0 Å². The van der Waals surface area contributed by atoms with Crippen LogP contribution in [0.3, 0.4) is 0 Å². The van der Waals surface area contributed by atoms with Crippen molar-refractivity contribution in [2.45, 2.75) is 32.1 Å². The maximum atomic E-state index is 12.4. The molecule has 0 saturated carbocycles. The van der Waals surface area contributed by atoms with Crippen LogP contribution in [-0.4, -0.2) is 64.8 Å². The molecule has 0 aromatic heterocycles. The first-order valence-electron chi connectivity index (χ1n) is 7.46. The van der Waals surface area contributed by atoms with Crippen molar-refractivity contribution in [3.05, 3.63) is 0 Å². The predicted octanol–water partition coefficient (Wildman–Crippen LogP) is 0.997. The second kappa shape index (κ2) is 6.92. The van der Waals surface area contributed by atoms with Crippen LogP contribution in [-0.2, 0) is 4.79 Å². The number of aliphatic carboxylic acids is 1. The highest BCUT2D eigenvalue weighted by molar-refractivity contribution is 5.75. The van der Waals surface area contributed by atoms with E-state index in [-0.39, 0.29) is 25.0 Å². The quantitative estimate of drug-likeness (QED) is 0.807. The molecular formula is C14H24N2O4. The Labute approximate surface area is 119 Å². The minimum absolute atomic E-state index is 0.0565. The van der Waals surface area contributed by atoms with Gasteiger partial charge in [-0.15, -0.1) is 0 Å². The molecule has 2 N–H and O–H groups in total. The predicted molar refractivity (Wildman–Crippen MR) is 73.3 cm³/mol. The third-order valence-corrected chi connectivity index (χ3v) is 4.37. The molecule has 0 spiro atoms. The molecule has 2 rings (SSSR count). The SMILES string of the molecule is O=C(O)CCC1CCN(C(=O)N2CCCC(CO)C2)C1. The molecule has 6 nitrogen and oxygen atoms in total. The van der Waals surface area contributed by atoms with Crippen LogP contribution < -0.4 is 0 Å². The summed E-state index contributed by atoms with van der Waals surface area (Å²) in [5.41, 5.74) is 0. The van der Waals surface area contributed by atoms with Crippen LogP contribution in [0.25, 0.3) is 0 Å². The molecule has 2 amide bonds. The molecule has 2 aliphatic rings. The molecule has 0 aliphatic carbocycles. The summed E-state index contributed by atoms with van der Waals surface area (Å²) in [6, 6.07) is 0.0565. The van der Waals surface area contributed by atoms with Gasteiger partial charge >= 0.3 is 12.0 Å². The Morgan fingerprint density at radius 3 is 2.45 bits per heavy atom. The maximum absolute atomic E-state index is 12.4. The van der Waals surface area contributed by atoms with Gasteiger partial charge in [-0.2, -0.15) is 0 Å². The monoisotopic (exact) mass is 284 g/mol. The molecule has 2 aliphatic heterocycles. The van der Waals surface area contributed by atoms with Crippen molar-refractivity contribution in [3.63, 3.8) is 0 Å². The average molecular weight is 284 g/mol. The van der Waals surface area contributed by atoms with E-state index in [0.717, 1.165) is 32.4 Å². The number of likely N-dealkylation sites (tertiary alicyclic amines) is 2. The molecule has 20 heavy (non-hydrogen) atoms. The number of urea groups is 1. The first kappa shape index (κ1) is 15.1. The van der Waals surface area contributed by atoms with Gasteiger partial charge in [0.25, 0.3) is 0 Å². The van der Waals surface area contributed by atoms with Gasteiger partial charge in [-0.1, -0.05) is 0 Å². The fraction of sp³-hybridized carbons (Fsp3) is 0.857. The number of carboxylic acid groups (broad SMARTS) is 1. The Kier molecular flexibility index (Phi) is 5.23. The minimum atomic E-state index is -0.767. The number of hydrogen-bond donors (Lipinski definition) is 2. The number of carbonyl (C=O) groups is 2. The highest BCUT2D eigenvalue weighted by Crippen LogP contribution is 2.24. The summed E-state index contributed by atoms with van der Waals surface area (Å²) in [4.78, 5) is 26.7. The molecule has 0 bridgehead atoms. The normalized spacial score (nSPS) is 26.9. The third-order valence-electron chi connectivity index (χ3n) is 4.37. The van der Waals surface area contributed by atoms with Crippen LogP contribution in [0, 0.1) is 11.8 Å². The molecule has 0 radical (unpaired) electrons. The summed E-state index contributed by atoms with van der Waals surface area (Å²) >= 11 is 0. The van der Waals surface area contributed by atoms with Crippen LogP contribution in [0.15, 0.2) is 0 Å². The lowest BCUT2D eigenvalue weighted by Gasteiger charge is -2.34. The van der Waals surface area contributed by atoms with Crippen LogP contribution in [0.2, 0.25) is 0 Å². The standard InChI is InChI=1S/C14H24N2O4/c17-10-12-2-1-6-15(9-12)14(20)16-7-5-11(8-16)3-4-13(18)19/h11-12,17H,1-10H2,(H,18,19). The van der Waals surface area contributed by atoms with E-state index < -0.39 is 5.97 Å². The van der Waals surface area contributed by atoms with Crippen molar-refractivity contribution in [1.29, 1.82) is 0 Å². The van der Waals surface area contributed by atoms with Gasteiger partial charge in [0.2, 0.25) is 0 Å². The number of aliphatic hydroxyl groups is 1. The first-order chi connectivity index (χ1) is 9.60. The van der Waals surface area contributed by atoms with E-state index in [4.69, 9.17) is 5.11 Å². The van der Waals surface area contributed by atoms with Crippen molar-refractivity contribution in [1.82, 2.24) is 9.80 Å². The molecule has 2 fully saturated rings. The number of hydrogen-bond acceptors (Lipinski definition) is 3. The van der Waals surface area contributed by atoms with Crippen molar-refractivity contribution in [2.24, 2.45) is 11.8 Å². The van der Waals surface area contributed by atoms with Gasteiger partial charge in [0.1, 0.15) is 0 Å². The number of piperidine rings is 1. The fourth-order valence-corrected chi connectivity index (χ4v) is 3.16. The molecule has 2 heterocycles. The first-order valence-corrected chi connectivity index (χ1v) is 7.46. The summed E-state index contributed by atoms with van der Waals surface area (Å²) in [7, 11) is 0. The summed E-state index contributed by atoms with van der Waals surface area (Å²) in [6.45, 7) is 2.96. The van der Waals surface area contributed by atoms with Crippen molar-refractivity contribution >= 4 is 12.0 Å². The number of rotatable bonds is 4. The lowest BCUT2D eigenvalue weighted by molar-refractivity contribution is -0.137. The summed E-state index contributed by atoms with van der Waals surface area (Å²) in [6.07, 6.45) is 3.67. The molecule has 2 atom stereocenters. The van der Waals surface area contributed by atoms with E-state index in [1.54, 1.807) is 0 Å². The zero-order valence-corrected chi connectivity index (χ0v) is 11.8. The number of aliphatic hydroxyl groups excluding tert-OH is 1. The lowest BCUT2D eigenvalue weighted by Crippen LogP contribution is -2.47. The van der Waals surface area contributed by atoms with E-state index in [9.17, 15) is 14.7 Å². The summed E-state index contributed by atoms with van der Waals surface area (Å²) in [5, 5.41) is 17.9. The molecule has 2 unspecified atom stereocenters. The van der Waals surface area contributed by atoms with E-state index in [0.29, 0.717) is 25.4 Å². The van der Waals surface area contributed by atoms with Gasteiger partial charge in [0.05, 0.1) is 0 Å².